The highest BCUT2D eigenvalue weighted by Crippen LogP contribution is 2.49. The summed E-state index contributed by atoms with van der Waals surface area (Å²) >= 11 is 0. The van der Waals surface area contributed by atoms with Gasteiger partial charge in [0.25, 0.3) is 0 Å². The first kappa shape index (κ1) is 32.9. The number of fused-ring (bicyclic) bond motifs is 1. The van der Waals surface area contributed by atoms with Gasteiger partial charge < -0.3 is 54.3 Å². The molecule has 13 heteroatoms. The molecule has 0 unspecified atom stereocenters. The van der Waals surface area contributed by atoms with Crippen LogP contribution in [-0.2, 0) is 33.3 Å². The van der Waals surface area contributed by atoms with Crippen molar-refractivity contribution in [2.24, 2.45) is 17.8 Å². The van der Waals surface area contributed by atoms with Gasteiger partial charge in [0, 0.05) is 12.5 Å². The summed E-state index contributed by atoms with van der Waals surface area (Å²) < 4.78 is 28.2. The Balaban J connectivity index is 1.48. The molecule has 6 N–H and O–H groups in total. The fourth-order valence-electron chi connectivity index (χ4n) is 5.67. The number of ether oxygens (including phenoxy) is 5. The van der Waals surface area contributed by atoms with Crippen molar-refractivity contribution in [2.45, 2.75) is 75.7 Å². The van der Waals surface area contributed by atoms with E-state index in [1.807, 2.05) is 13.8 Å². The van der Waals surface area contributed by atoms with Crippen LogP contribution in [0.2, 0.25) is 0 Å². The van der Waals surface area contributed by atoms with Crippen LogP contribution in [-0.4, -0.2) is 105 Å². The lowest BCUT2D eigenvalue weighted by Gasteiger charge is -2.42. The zero-order valence-electron chi connectivity index (χ0n) is 24.0. The molecule has 238 valence electrons. The number of aliphatic hydroxyl groups excluding tert-OH is 4. The molecule has 43 heavy (non-hydrogen) atoms. The number of carbonyl (C=O) groups is 2. The molecule has 0 radical (unpaired) electrons. The van der Waals surface area contributed by atoms with Gasteiger partial charge in [-0.15, -0.1) is 0 Å². The lowest BCUT2D eigenvalue weighted by molar-refractivity contribution is -0.302. The molecule has 0 bridgehead atoms. The summed E-state index contributed by atoms with van der Waals surface area (Å²) in [7, 11) is 0. The Morgan fingerprint density at radius 3 is 2.47 bits per heavy atom. The number of aromatic hydroxyl groups is 1. The zero-order valence-corrected chi connectivity index (χ0v) is 24.0. The van der Waals surface area contributed by atoms with Gasteiger partial charge in [-0.2, -0.15) is 0 Å². The normalized spacial score (nSPS) is 34.0. The number of phenolic OH excluding ortho intramolecular Hbond substituents is 1. The number of benzene rings is 1. The van der Waals surface area contributed by atoms with Crippen LogP contribution in [0.3, 0.4) is 0 Å². The molecule has 2 aliphatic heterocycles. The van der Waals surface area contributed by atoms with Crippen LogP contribution in [0.4, 0.5) is 0 Å². The first-order valence-electron chi connectivity index (χ1n) is 14.2. The van der Waals surface area contributed by atoms with Crippen molar-refractivity contribution in [1.82, 2.24) is 0 Å². The number of phenols is 1. The minimum Gasteiger partial charge on any atom is -0.508 e. The molecular weight excluding hydrogens is 568 g/mol. The first-order chi connectivity index (χ1) is 20.4. The summed E-state index contributed by atoms with van der Waals surface area (Å²) in [6.07, 6.45) is -3.85. The van der Waals surface area contributed by atoms with E-state index in [4.69, 9.17) is 23.7 Å². The van der Waals surface area contributed by atoms with E-state index < -0.39 is 79.6 Å². The van der Waals surface area contributed by atoms with Gasteiger partial charge in [-0.25, -0.2) is 4.79 Å². The highest BCUT2D eigenvalue weighted by atomic mass is 16.7. The Morgan fingerprint density at radius 1 is 1.09 bits per heavy atom. The molecule has 9 atom stereocenters. The highest BCUT2D eigenvalue weighted by Gasteiger charge is 2.56. The second-order valence-electron chi connectivity index (χ2n) is 11.6. The van der Waals surface area contributed by atoms with E-state index in [-0.39, 0.29) is 31.1 Å². The molecule has 1 saturated heterocycles. The van der Waals surface area contributed by atoms with Crippen LogP contribution in [0, 0.1) is 17.8 Å². The quantitative estimate of drug-likeness (QED) is 0.149. The maximum atomic E-state index is 12.6. The Morgan fingerprint density at radius 2 is 1.81 bits per heavy atom. The summed E-state index contributed by atoms with van der Waals surface area (Å²) in [5.74, 6) is -2.48. The van der Waals surface area contributed by atoms with Gasteiger partial charge in [-0.1, -0.05) is 26.0 Å². The van der Waals surface area contributed by atoms with E-state index in [0.717, 1.165) is 6.08 Å². The van der Waals surface area contributed by atoms with Crippen LogP contribution < -0.4 is 0 Å². The lowest BCUT2D eigenvalue weighted by atomic mass is 9.81. The van der Waals surface area contributed by atoms with Crippen LogP contribution in [0.1, 0.15) is 38.7 Å². The zero-order chi connectivity index (χ0) is 31.3. The van der Waals surface area contributed by atoms with Crippen molar-refractivity contribution >= 4 is 18.0 Å². The summed E-state index contributed by atoms with van der Waals surface area (Å²) in [5, 5.41) is 61.3. The minimum atomic E-state index is -1.66. The lowest BCUT2D eigenvalue weighted by Crippen LogP contribution is -2.60. The predicted molar refractivity (Wildman–Crippen MR) is 147 cm³/mol. The molecule has 2 heterocycles. The second-order valence-corrected chi connectivity index (χ2v) is 11.6. The van der Waals surface area contributed by atoms with Crippen LogP contribution >= 0.6 is 0 Å². The van der Waals surface area contributed by atoms with Crippen molar-refractivity contribution in [3.8, 4) is 5.75 Å². The highest BCUT2D eigenvalue weighted by molar-refractivity contribution is 5.87. The van der Waals surface area contributed by atoms with E-state index in [2.05, 4.69) is 0 Å². The average molecular weight is 609 g/mol. The second kappa shape index (κ2) is 14.2. The van der Waals surface area contributed by atoms with Crippen molar-refractivity contribution in [3.63, 3.8) is 0 Å². The SMILES string of the molecule is CC(C)CC(=O)O[C@@H]1OC=C(CO[C@@H]2O[C@H](CO)[C@@H](O)[C@H](O)[C@H]2OC(=O)/C=C/c2ccc(O)cc2)[C@H]2CC[C@](O)(CO)[C@@H]12. The number of carbonyl (C=O) groups excluding carboxylic acids is 2. The van der Waals surface area contributed by atoms with Gasteiger partial charge in [0.1, 0.15) is 24.1 Å². The third-order valence-corrected chi connectivity index (χ3v) is 7.96. The third kappa shape index (κ3) is 7.73. The van der Waals surface area contributed by atoms with Gasteiger partial charge in [-0.05, 0) is 54.0 Å². The summed E-state index contributed by atoms with van der Waals surface area (Å²) in [6.45, 7) is 2.30. The Hall–Kier alpha value is -3.04. The van der Waals surface area contributed by atoms with Gasteiger partial charge in [-0.3, -0.25) is 4.79 Å². The molecule has 1 aromatic rings. The van der Waals surface area contributed by atoms with Crippen LogP contribution in [0.15, 0.2) is 42.2 Å². The standard InChI is InChI=1S/C30H40O13/c1-16(2)11-23(35)43-28-24-20(9-10-30(24,38)15-32)18(13-39-28)14-40-29-27(26(37)25(36)21(12-31)41-29)42-22(34)8-5-17-3-6-19(33)7-4-17/h3-8,13,16,20-21,24-29,31-33,36-38H,9-12,14-15H2,1-2H3/b8-5+/t20-,21-,24-,25-,26+,27-,28+,29-,30+/m1/s1. The fraction of sp³-hybridized carbons (Fsp3) is 0.600. The molecule has 1 saturated carbocycles. The summed E-state index contributed by atoms with van der Waals surface area (Å²) in [5.41, 5.74) is -0.444. The van der Waals surface area contributed by atoms with E-state index in [1.165, 1.54) is 24.5 Å². The van der Waals surface area contributed by atoms with Gasteiger partial charge in [0.05, 0.1) is 37.6 Å². The van der Waals surface area contributed by atoms with E-state index in [9.17, 15) is 40.2 Å². The van der Waals surface area contributed by atoms with Crippen LogP contribution in [0.5, 0.6) is 5.75 Å². The van der Waals surface area contributed by atoms with Crippen molar-refractivity contribution in [1.29, 1.82) is 0 Å². The smallest absolute Gasteiger partial charge is 0.331 e. The Labute approximate surface area is 248 Å². The Kier molecular flexibility index (Phi) is 10.8. The predicted octanol–water partition coefficient (Wildman–Crippen LogP) is 0.352. The molecular formula is C30H40O13. The topological polar surface area (TPSA) is 202 Å². The largest absolute Gasteiger partial charge is 0.508 e. The molecule has 2 fully saturated rings. The number of aliphatic hydroxyl groups is 5. The molecule has 3 aliphatic rings. The number of hydrogen-bond donors (Lipinski definition) is 6. The summed E-state index contributed by atoms with van der Waals surface area (Å²) in [6, 6.07) is 6.03. The monoisotopic (exact) mass is 608 g/mol. The fourth-order valence-corrected chi connectivity index (χ4v) is 5.67. The van der Waals surface area contributed by atoms with Gasteiger partial charge in [0.15, 0.2) is 12.4 Å². The average Bonchev–Trinajstić information content (AvgIpc) is 3.33. The molecule has 0 amide bonds. The van der Waals surface area contributed by atoms with E-state index in [1.54, 1.807) is 12.1 Å². The minimum absolute atomic E-state index is 0.0455. The third-order valence-electron chi connectivity index (χ3n) is 7.96. The molecule has 4 rings (SSSR count). The molecule has 0 spiro atoms. The van der Waals surface area contributed by atoms with Crippen molar-refractivity contribution in [3.05, 3.63) is 47.7 Å². The molecule has 0 aromatic heterocycles. The van der Waals surface area contributed by atoms with Gasteiger partial charge >= 0.3 is 11.9 Å². The molecule has 1 aromatic carbocycles. The van der Waals surface area contributed by atoms with Gasteiger partial charge in [0.2, 0.25) is 6.29 Å². The number of rotatable bonds is 11. The number of hydrogen-bond acceptors (Lipinski definition) is 13. The Bertz CT molecular complexity index is 1170. The summed E-state index contributed by atoms with van der Waals surface area (Å²) in [4.78, 5) is 25.0. The first-order valence-corrected chi connectivity index (χ1v) is 14.2. The van der Waals surface area contributed by atoms with Crippen LogP contribution in [0.25, 0.3) is 6.08 Å². The van der Waals surface area contributed by atoms with Crippen molar-refractivity contribution < 1.29 is 63.9 Å². The maximum Gasteiger partial charge on any atom is 0.331 e. The van der Waals surface area contributed by atoms with Crippen molar-refractivity contribution in [2.75, 3.05) is 19.8 Å². The molecule has 13 nitrogen and oxygen atoms in total. The van der Waals surface area contributed by atoms with E-state index in [0.29, 0.717) is 17.6 Å². The van der Waals surface area contributed by atoms with E-state index >= 15 is 0 Å². The maximum absolute atomic E-state index is 12.6. The molecule has 1 aliphatic carbocycles. The number of esters is 2.